The molecule has 0 unspecified atom stereocenters. The zero-order chi connectivity index (χ0) is 28.4. The second-order valence-corrected chi connectivity index (χ2v) is 17.1. The van der Waals surface area contributed by atoms with Crippen molar-refractivity contribution in [2.45, 2.75) is 114 Å². The van der Waals surface area contributed by atoms with Crippen molar-refractivity contribution in [1.29, 1.82) is 0 Å². The number of nitrogens with zero attached hydrogens (tertiary/aromatic N) is 5. The third-order valence-electron chi connectivity index (χ3n) is 12.7. The molecular formula is C37H47N5. The van der Waals surface area contributed by atoms with E-state index in [1.165, 1.54) is 82.7 Å². The topological polar surface area (TPSA) is 56.5 Å². The molecule has 5 heteroatoms. The van der Waals surface area contributed by atoms with Crippen molar-refractivity contribution in [3.05, 3.63) is 47.7 Å². The standard InChI is InChI=1S/C37H47N5/c1-35(2,3)31-15-30(41-42(31)4)28-6-5-7-29(14-28)32-38-33(36-16-22-8-23(17-36)10-24(9-22)18-36)40-34(39-32)37-19-25-11-26(20-37)13-27(12-25)21-37/h5-7,14-15,22-27H,8-13,16-21H2,1-4H3. The molecule has 1 aromatic carbocycles. The Morgan fingerprint density at radius 1 is 0.643 bits per heavy atom. The van der Waals surface area contributed by atoms with Crippen LogP contribution in [0, 0.1) is 35.5 Å². The van der Waals surface area contributed by atoms with Crippen LogP contribution in [0.1, 0.15) is 115 Å². The summed E-state index contributed by atoms with van der Waals surface area (Å²) in [5.74, 6) is 8.51. The lowest BCUT2D eigenvalue weighted by Gasteiger charge is -2.57. The average Bonchev–Trinajstić information content (AvgIpc) is 3.34. The molecule has 2 aromatic heterocycles. The quantitative estimate of drug-likeness (QED) is 0.322. The fourth-order valence-electron chi connectivity index (χ4n) is 11.9. The minimum Gasteiger partial charge on any atom is -0.272 e. The first-order chi connectivity index (χ1) is 20.1. The molecular weight excluding hydrogens is 514 g/mol. The number of benzene rings is 1. The van der Waals surface area contributed by atoms with E-state index in [0.29, 0.717) is 0 Å². The molecule has 11 rings (SSSR count). The SMILES string of the molecule is Cn1nc(-c2cccc(-c3nc(C45CC6CC(CC(C6)C4)C5)nc(C45CC6CC(CC(C6)C4)C5)n3)c2)cc1C(C)(C)C. The van der Waals surface area contributed by atoms with Gasteiger partial charge in [0.2, 0.25) is 0 Å². The molecule has 8 fully saturated rings. The van der Waals surface area contributed by atoms with Gasteiger partial charge in [0.1, 0.15) is 11.6 Å². The van der Waals surface area contributed by atoms with E-state index in [9.17, 15) is 0 Å². The minimum atomic E-state index is 0.0470. The fraction of sp³-hybridized carbons (Fsp3) is 0.676. The summed E-state index contributed by atoms with van der Waals surface area (Å²) in [5, 5.41) is 4.93. The predicted octanol–water partition coefficient (Wildman–Crippen LogP) is 8.17. The molecule has 42 heavy (non-hydrogen) atoms. The summed E-state index contributed by atoms with van der Waals surface area (Å²) in [7, 11) is 2.06. The second-order valence-electron chi connectivity index (χ2n) is 17.1. The first-order valence-electron chi connectivity index (χ1n) is 17.1. The van der Waals surface area contributed by atoms with E-state index in [-0.39, 0.29) is 16.2 Å². The molecule has 0 N–H and O–H groups in total. The zero-order valence-electron chi connectivity index (χ0n) is 26.1. The van der Waals surface area contributed by atoms with Crippen LogP contribution in [0.4, 0.5) is 0 Å². The summed E-state index contributed by atoms with van der Waals surface area (Å²) in [6.07, 6.45) is 16.5. The highest BCUT2D eigenvalue weighted by molar-refractivity contribution is 5.68. The van der Waals surface area contributed by atoms with Gasteiger partial charge in [0, 0.05) is 40.1 Å². The van der Waals surface area contributed by atoms with E-state index in [1.54, 1.807) is 0 Å². The molecule has 0 amide bonds. The minimum absolute atomic E-state index is 0.0470. The summed E-state index contributed by atoms with van der Waals surface area (Å²) >= 11 is 0. The summed E-state index contributed by atoms with van der Waals surface area (Å²) in [5.41, 5.74) is 4.93. The molecule has 8 aliphatic carbocycles. The van der Waals surface area contributed by atoms with Crippen LogP contribution in [-0.2, 0) is 23.3 Å². The molecule has 0 spiro atoms. The van der Waals surface area contributed by atoms with Crippen molar-refractivity contribution in [1.82, 2.24) is 24.7 Å². The second kappa shape index (κ2) is 8.76. The Balaban J connectivity index is 1.17. The Bertz CT molecular complexity index is 1420. The Labute approximate surface area is 251 Å². The maximum absolute atomic E-state index is 5.62. The van der Waals surface area contributed by atoms with Crippen molar-refractivity contribution in [3.63, 3.8) is 0 Å². The predicted molar refractivity (Wildman–Crippen MR) is 166 cm³/mol. The lowest BCUT2D eigenvalue weighted by atomic mass is 9.49. The van der Waals surface area contributed by atoms with Crippen LogP contribution in [0.5, 0.6) is 0 Å². The first-order valence-corrected chi connectivity index (χ1v) is 17.1. The maximum atomic E-state index is 5.62. The Morgan fingerprint density at radius 3 is 1.52 bits per heavy atom. The number of hydrogen-bond acceptors (Lipinski definition) is 4. The Kier molecular flexibility index (Phi) is 5.40. The smallest absolute Gasteiger partial charge is 0.163 e. The molecule has 3 aromatic rings. The Hall–Kier alpha value is -2.56. The largest absolute Gasteiger partial charge is 0.272 e. The van der Waals surface area contributed by atoms with Crippen molar-refractivity contribution in [3.8, 4) is 22.6 Å². The van der Waals surface area contributed by atoms with Crippen LogP contribution >= 0.6 is 0 Å². The number of hydrogen-bond donors (Lipinski definition) is 0. The average molecular weight is 562 g/mol. The van der Waals surface area contributed by atoms with Crippen LogP contribution < -0.4 is 0 Å². The summed E-state index contributed by atoms with van der Waals surface area (Å²) in [4.78, 5) is 16.6. The third kappa shape index (κ3) is 4.00. The van der Waals surface area contributed by atoms with E-state index in [1.807, 2.05) is 4.68 Å². The lowest BCUT2D eigenvalue weighted by Crippen LogP contribution is -2.51. The van der Waals surface area contributed by atoms with Crippen LogP contribution in [0.2, 0.25) is 0 Å². The van der Waals surface area contributed by atoms with E-state index in [0.717, 1.165) is 69.8 Å². The molecule has 0 saturated heterocycles. The van der Waals surface area contributed by atoms with Gasteiger partial charge in [-0.05, 0) is 125 Å². The van der Waals surface area contributed by atoms with E-state index < -0.39 is 0 Å². The van der Waals surface area contributed by atoms with Gasteiger partial charge in [-0.2, -0.15) is 5.10 Å². The van der Waals surface area contributed by atoms with Gasteiger partial charge in [0.25, 0.3) is 0 Å². The van der Waals surface area contributed by atoms with Gasteiger partial charge < -0.3 is 0 Å². The van der Waals surface area contributed by atoms with E-state index in [2.05, 4.69) is 58.2 Å². The third-order valence-corrected chi connectivity index (χ3v) is 12.7. The van der Waals surface area contributed by atoms with Crippen molar-refractivity contribution in [2.24, 2.45) is 42.6 Å². The molecule has 8 aliphatic rings. The molecule has 8 saturated carbocycles. The van der Waals surface area contributed by atoms with Crippen molar-refractivity contribution >= 4 is 0 Å². The number of aromatic nitrogens is 5. The number of aryl methyl sites for hydroxylation is 1. The van der Waals surface area contributed by atoms with Gasteiger partial charge >= 0.3 is 0 Å². The van der Waals surface area contributed by atoms with Gasteiger partial charge in [0.05, 0.1) is 5.69 Å². The number of rotatable bonds is 4. The molecule has 220 valence electrons. The van der Waals surface area contributed by atoms with Gasteiger partial charge in [0.15, 0.2) is 5.82 Å². The summed E-state index contributed by atoms with van der Waals surface area (Å²) in [6, 6.07) is 11.1. The van der Waals surface area contributed by atoms with Crippen LogP contribution in [0.25, 0.3) is 22.6 Å². The maximum Gasteiger partial charge on any atom is 0.163 e. The molecule has 5 nitrogen and oxygen atoms in total. The van der Waals surface area contributed by atoms with Crippen LogP contribution in [-0.4, -0.2) is 24.7 Å². The first kappa shape index (κ1) is 25.9. The van der Waals surface area contributed by atoms with Gasteiger partial charge in [-0.25, -0.2) is 15.0 Å². The summed E-state index contributed by atoms with van der Waals surface area (Å²) < 4.78 is 2.04. The highest BCUT2D eigenvalue weighted by Gasteiger charge is 2.56. The van der Waals surface area contributed by atoms with Crippen LogP contribution in [0.3, 0.4) is 0 Å². The van der Waals surface area contributed by atoms with Crippen molar-refractivity contribution in [2.75, 3.05) is 0 Å². The highest BCUT2D eigenvalue weighted by Crippen LogP contribution is 2.62. The molecule has 8 bridgehead atoms. The van der Waals surface area contributed by atoms with Gasteiger partial charge in [-0.1, -0.05) is 39.0 Å². The van der Waals surface area contributed by atoms with Gasteiger partial charge in [-0.15, -0.1) is 0 Å². The molecule has 2 heterocycles. The van der Waals surface area contributed by atoms with Crippen molar-refractivity contribution < 1.29 is 0 Å². The monoisotopic (exact) mass is 561 g/mol. The lowest BCUT2D eigenvalue weighted by molar-refractivity contribution is -0.0155. The normalized spacial score (nSPS) is 38.0. The van der Waals surface area contributed by atoms with Crippen LogP contribution in [0.15, 0.2) is 30.3 Å². The molecule has 0 atom stereocenters. The molecule has 0 aliphatic heterocycles. The zero-order valence-corrected chi connectivity index (χ0v) is 26.1. The fourth-order valence-corrected chi connectivity index (χ4v) is 11.9. The van der Waals surface area contributed by atoms with E-state index in [4.69, 9.17) is 20.1 Å². The highest BCUT2D eigenvalue weighted by atomic mass is 15.3. The molecule has 0 radical (unpaired) electrons. The van der Waals surface area contributed by atoms with E-state index >= 15 is 0 Å². The summed E-state index contributed by atoms with van der Waals surface area (Å²) in [6.45, 7) is 6.77. The van der Waals surface area contributed by atoms with Gasteiger partial charge in [-0.3, -0.25) is 4.68 Å². The Morgan fingerprint density at radius 2 is 1.10 bits per heavy atom.